The molecule has 7 heteroatoms. The highest BCUT2D eigenvalue weighted by Crippen LogP contribution is 2.22. The number of rotatable bonds is 9. The molecule has 0 fully saturated rings. The van der Waals surface area contributed by atoms with E-state index in [0.717, 1.165) is 29.6 Å². The van der Waals surface area contributed by atoms with E-state index in [1.54, 1.807) is 13.3 Å². The van der Waals surface area contributed by atoms with Gasteiger partial charge < -0.3 is 24.5 Å². The lowest BCUT2D eigenvalue weighted by Gasteiger charge is -2.13. The summed E-state index contributed by atoms with van der Waals surface area (Å²) < 4.78 is 16.4. The average molecular weight is 389 g/mol. The Hall–Kier alpha value is -2.54. The maximum Gasteiger partial charge on any atom is 0.213 e. The SMILES string of the molecule is CCNC(=NCc1ccc(OCCOC)cc1)NCc1ncc(C(C)(C)C)o1. The lowest BCUT2D eigenvalue weighted by atomic mass is 9.94. The van der Waals surface area contributed by atoms with E-state index >= 15 is 0 Å². The predicted molar refractivity (Wildman–Crippen MR) is 111 cm³/mol. The van der Waals surface area contributed by atoms with E-state index in [0.29, 0.717) is 32.2 Å². The van der Waals surface area contributed by atoms with Gasteiger partial charge in [0.1, 0.15) is 18.1 Å². The molecule has 0 aliphatic heterocycles. The molecule has 0 atom stereocenters. The van der Waals surface area contributed by atoms with Gasteiger partial charge in [-0.05, 0) is 24.6 Å². The number of hydrogen-bond donors (Lipinski definition) is 2. The van der Waals surface area contributed by atoms with Gasteiger partial charge in [-0.25, -0.2) is 9.98 Å². The quantitative estimate of drug-likeness (QED) is 0.390. The third-order valence-electron chi connectivity index (χ3n) is 3.94. The first-order chi connectivity index (χ1) is 13.4. The number of oxazole rings is 1. The zero-order valence-electron chi connectivity index (χ0n) is 17.5. The van der Waals surface area contributed by atoms with Crippen molar-refractivity contribution >= 4 is 5.96 Å². The van der Waals surface area contributed by atoms with E-state index < -0.39 is 0 Å². The zero-order chi connectivity index (χ0) is 20.4. The third kappa shape index (κ3) is 7.23. The van der Waals surface area contributed by atoms with Crippen LogP contribution in [0.5, 0.6) is 5.75 Å². The highest BCUT2D eigenvalue weighted by molar-refractivity contribution is 5.79. The Bertz CT molecular complexity index is 733. The summed E-state index contributed by atoms with van der Waals surface area (Å²) in [6.07, 6.45) is 1.79. The second-order valence-corrected chi connectivity index (χ2v) is 7.40. The molecule has 0 aliphatic rings. The number of nitrogens with one attached hydrogen (secondary N) is 2. The minimum atomic E-state index is -0.0523. The molecule has 28 heavy (non-hydrogen) atoms. The van der Waals surface area contributed by atoms with Crippen molar-refractivity contribution in [2.45, 2.75) is 46.2 Å². The van der Waals surface area contributed by atoms with Crippen LogP contribution in [0, 0.1) is 0 Å². The first-order valence-corrected chi connectivity index (χ1v) is 9.60. The number of aromatic nitrogens is 1. The first-order valence-electron chi connectivity index (χ1n) is 9.60. The Balaban J connectivity index is 1.90. The Morgan fingerprint density at radius 3 is 2.50 bits per heavy atom. The molecule has 0 amide bonds. The highest BCUT2D eigenvalue weighted by atomic mass is 16.5. The summed E-state index contributed by atoms with van der Waals surface area (Å²) in [5.74, 6) is 3.07. The van der Waals surface area contributed by atoms with Gasteiger partial charge in [0.15, 0.2) is 5.96 Å². The number of benzene rings is 1. The maximum absolute atomic E-state index is 5.81. The van der Waals surface area contributed by atoms with Crippen molar-refractivity contribution in [2.75, 3.05) is 26.9 Å². The topological polar surface area (TPSA) is 80.9 Å². The average Bonchev–Trinajstić information content (AvgIpc) is 3.15. The molecule has 0 bridgehead atoms. The van der Waals surface area contributed by atoms with Gasteiger partial charge in [-0.3, -0.25) is 0 Å². The maximum atomic E-state index is 5.81. The third-order valence-corrected chi connectivity index (χ3v) is 3.94. The lowest BCUT2D eigenvalue weighted by Crippen LogP contribution is -2.36. The molecule has 0 saturated carbocycles. The van der Waals surface area contributed by atoms with Gasteiger partial charge in [0.25, 0.3) is 0 Å². The number of guanidine groups is 1. The van der Waals surface area contributed by atoms with Crippen molar-refractivity contribution in [1.82, 2.24) is 15.6 Å². The standard InChI is InChI=1S/C21H32N4O3/c1-6-22-20(25-15-19-23-14-18(28-19)21(2,3)4)24-13-16-7-9-17(10-8-16)27-12-11-26-5/h7-10,14H,6,11-13,15H2,1-5H3,(H2,22,24,25). The Kier molecular flexibility index (Phi) is 8.32. The van der Waals surface area contributed by atoms with Gasteiger partial charge >= 0.3 is 0 Å². The molecule has 0 radical (unpaired) electrons. The Morgan fingerprint density at radius 2 is 1.89 bits per heavy atom. The van der Waals surface area contributed by atoms with Crippen LogP contribution in [0.1, 0.15) is 44.9 Å². The zero-order valence-corrected chi connectivity index (χ0v) is 17.5. The van der Waals surface area contributed by atoms with Gasteiger partial charge in [0.2, 0.25) is 5.89 Å². The fourth-order valence-electron chi connectivity index (χ4n) is 2.34. The van der Waals surface area contributed by atoms with Crippen LogP contribution in [-0.4, -0.2) is 37.8 Å². The van der Waals surface area contributed by atoms with Crippen LogP contribution in [0.25, 0.3) is 0 Å². The van der Waals surface area contributed by atoms with Crippen LogP contribution in [0.3, 0.4) is 0 Å². The second kappa shape index (κ2) is 10.7. The number of aliphatic imine (C=N–C) groups is 1. The van der Waals surface area contributed by atoms with Gasteiger partial charge in [-0.15, -0.1) is 0 Å². The number of hydrogen-bond acceptors (Lipinski definition) is 5. The van der Waals surface area contributed by atoms with E-state index in [2.05, 4.69) is 41.4 Å². The molecule has 0 spiro atoms. The minimum Gasteiger partial charge on any atom is -0.491 e. The van der Waals surface area contributed by atoms with Crippen LogP contribution >= 0.6 is 0 Å². The van der Waals surface area contributed by atoms with Crippen molar-refractivity contribution < 1.29 is 13.9 Å². The van der Waals surface area contributed by atoms with Crippen LogP contribution < -0.4 is 15.4 Å². The molecule has 2 rings (SSSR count). The summed E-state index contributed by atoms with van der Waals surface area (Å²) in [6.45, 7) is 11.3. The second-order valence-electron chi connectivity index (χ2n) is 7.40. The van der Waals surface area contributed by atoms with Crippen LogP contribution in [0.4, 0.5) is 0 Å². The van der Waals surface area contributed by atoms with E-state index in [4.69, 9.17) is 13.9 Å². The van der Waals surface area contributed by atoms with Crippen LogP contribution in [-0.2, 0) is 23.2 Å². The summed E-state index contributed by atoms with van der Waals surface area (Å²) in [5, 5.41) is 6.50. The fourth-order valence-corrected chi connectivity index (χ4v) is 2.34. The van der Waals surface area contributed by atoms with E-state index in [1.807, 2.05) is 31.2 Å². The van der Waals surface area contributed by atoms with Crippen molar-refractivity contribution in [3.8, 4) is 5.75 Å². The minimum absolute atomic E-state index is 0.0523. The predicted octanol–water partition coefficient (Wildman–Crippen LogP) is 3.25. The molecule has 7 nitrogen and oxygen atoms in total. The van der Waals surface area contributed by atoms with Crippen molar-refractivity contribution in [3.63, 3.8) is 0 Å². The summed E-state index contributed by atoms with van der Waals surface area (Å²) in [6, 6.07) is 7.92. The Morgan fingerprint density at radius 1 is 1.14 bits per heavy atom. The summed E-state index contributed by atoms with van der Waals surface area (Å²) >= 11 is 0. The van der Waals surface area contributed by atoms with Gasteiger partial charge in [0.05, 0.1) is 25.9 Å². The fraction of sp³-hybridized carbons (Fsp3) is 0.524. The molecule has 0 unspecified atom stereocenters. The van der Waals surface area contributed by atoms with Gasteiger partial charge in [-0.2, -0.15) is 0 Å². The molecule has 1 aromatic carbocycles. The molecule has 0 aliphatic carbocycles. The smallest absolute Gasteiger partial charge is 0.213 e. The molecular weight excluding hydrogens is 356 g/mol. The number of methoxy groups -OCH3 is 1. The molecule has 1 heterocycles. The summed E-state index contributed by atoms with van der Waals surface area (Å²) in [4.78, 5) is 8.96. The van der Waals surface area contributed by atoms with Crippen LogP contribution in [0.2, 0.25) is 0 Å². The molecule has 2 aromatic rings. The monoisotopic (exact) mass is 388 g/mol. The van der Waals surface area contributed by atoms with Crippen molar-refractivity contribution in [1.29, 1.82) is 0 Å². The van der Waals surface area contributed by atoms with Crippen molar-refractivity contribution in [3.05, 3.63) is 47.7 Å². The molecule has 0 saturated heterocycles. The number of ether oxygens (including phenoxy) is 2. The largest absolute Gasteiger partial charge is 0.491 e. The first kappa shape index (κ1) is 21.8. The molecule has 1 aromatic heterocycles. The summed E-state index contributed by atoms with van der Waals surface area (Å²) in [7, 11) is 1.66. The van der Waals surface area contributed by atoms with Gasteiger partial charge in [0, 0.05) is 19.1 Å². The van der Waals surface area contributed by atoms with Gasteiger partial charge in [-0.1, -0.05) is 32.9 Å². The normalized spacial score (nSPS) is 12.1. The molecule has 154 valence electrons. The highest BCUT2D eigenvalue weighted by Gasteiger charge is 2.19. The molecule has 2 N–H and O–H groups in total. The number of nitrogens with zero attached hydrogens (tertiary/aromatic N) is 2. The van der Waals surface area contributed by atoms with E-state index in [-0.39, 0.29) is 5.41 Å². The van der Waals surface area contributed by atoms with E-state index in [9.17, 15) is 0 Å². The Labute approximate surface area is 167 Å². The summed E-state index contributed by atoms with van der Waals surface area (Å²) in [5.41, 5.74) is 1.05. The van der Waals surface area contributed by atoms with Crippen LogP contribution in [0.15, 0.2) is 39.9 Å². The molecular formula is C21H32N4O3. The lowest BCUT2D eigenvalue weighted by molar-refractivity contribution is 0.146. The van der Waals surface area contributed by atoms with Crippen molar-refractivity contribution in [2.24, 2.45) is 4.99 Å². The van der Waals surface area contributed by atoms with E-state index in [1.165, 1.54) is 0 Å².